The molecular weight excluding hydrogens is 294 g/mol. The van der Waals surface area contributed by atoms with Gasteiger partial charge in [0.15, 0.2) is 0 Å². The summed E-state index contributed by atoms with van der Waals surface area (Å²) >= 11 is 0. The first kappa shape index (κ1) is 17.7. The maximum Gasteiger partial charge on any atom is 0.253 e. The van der Waals surface area contributed by atoms with Crippen molar-refractivity contribution in [1.29, 1.82) is 0 Å². The van der Waals surface area contributed by atoms with Crippen LogP contribution >= 0.6 is 0 Å². The molecule has 23 heavy (non-hydrogen) atoms. The second-order valence-corrected chi connectivity index (χ2v) is 6.30. The zero-order chi connectivity index (χ0) is 16.5. The van der Waals surface area contributed by atoms with Crippen LogP contribution in [0, 0.1) is 5.92 Å². The Bertz CT molecular complexity index is 438. The van der Waals surface area contributed by atoms with Gasteiger partial charge in [0, 0.05) is 31.7 Å². The van der Waals surface area contributed by atoms with Crippen molar-refractivity contribution in [3.8, 4) is 0 Å². The smallest absolute Gasteiger partial charge is 0.253 e. The average Bonchev–Trinajstić information content (AvgIpc) is 2.87. The maximum atomic E-state index is 11.8. The summed E-state index contributed by atoms with van der Waals surface area (Å²) in [4.78, 5) is 35.7. The first-order valence-corrected chi connectivity index (χ1v) is 8.68. The highest BCUT2D eigenvalue weighted by Crippen LogP contribution is 2.14. The summed E-state index contributed by atoms with van der Waals surface area (Å²) in [6.45, 7) is 3.40. The summed E-state index contributed by atoms with van der Waals surface area (Å²) in [5, 5.41) is 6.33. The van der Waals surface area contributed by atoms with Crippen molar-refractivity contribution in [2.45, 2.75) is 44.9 Å². The predicted molar refractivity (Wildman–Crippen MR) is 87.5 cm³/mol. The number of nitrogens with one attached hydrogen (secondary N) is 2. The lowest BCUT2D eigenvalue weighted by Gasteiger charge is -2.22. The SMILES string of the molecule is O=C(CCCCCN1C(=O)C=CC1=O)NCCC1CCNCC1. The molecule has 0 unspecified atom stereocenters. The molecule has 6 heteroatoms. The second kappa shape index (κ2) is 9.45. The monoisotopic (exact) mass is 321 g/mol. The van der Waals surface area contributed by atoms with E-state index in [0.717, 1.165) is 51.2 Å². The predicted octanol–water partition coefficient (Wildman–Crippen LogP) is 0.978. The van der Waals surface area contributed by atoms with Gasteiger partial charge in [-0.25, -0.2) is 0 Å². The summed E-state index contributed by atoms with van der Waals surface area (Å²) < 4.78 is 0. The number of unbranched alkanes of at least 4 members (excludes halogenated alkanes) is 2. The van der Waals surface area contributed by atoms with Gasteiger partial charge in [0.05, 0.1) is 0 Å². The van der Waals surface area contributed by atoms with Crippen LogP contribution in [0.15, 0.2) is 12.2 Å². The van der Waals surface area contributed by atoms with E-state index in [-0.39, 0.29) is 17.7 Å². The molecule has 0 saturated carbocycles. The Labute approximate surface area is 137 Å². The number of imide groups is 1. The Morgan fingerprint density at radius 3 is 2.52 bits per heavy atom. The van der Waals surface area contributed by atoms with E-state index < -0.39 is 0 Å². The zero-order valence-electron chi connectivity index (χ0n) is 13.7. The third kappa shape index (κ3) is 6.14. The molecule has 0 bridgehead atoms. The number of carbonyl (C=O) groups is 3. The number of hydrogen-bond donors (Lipinski definition) is 2. The van der Waals surface area contributed by atoms with Gasteiger partial charge < -0.3 is 10.6 Å². The normalized spacial score (nSPS) is 18.7. The molecular formula is C17H27N3O3. The molecule has 3 amide bonds. The number of rotatable bonds is 9. The van der Waals surface area contributed by atoms with Crippen molar-refractivity contribution in [3.63, 3.8) is 0 Å². The highest BCUT2D eigenvalue weighted by atomic mass is 16.2. The Kier molecular flexibility index (Phi) is 7.26. The molecule has 0 atom stereocenters. The topological polar surface area (TPSA) is 78.5 Å². The van der Waals surface area contributed by atoms with Crippen LogP contribution in [0.25, 0.3) is 0 Å². The number of piperidine rings is 1. The van der Waals surface area contributed by atoms with E-state index in [1.54, 1.807) is 0 Å². The van der Waals surface area contributed by atoms with Crippen LogP contribution in [-0.4, -0.2) is 48.8 Å². The van der Waals surface area contributed by atoms with Gasteiger partial charge in [-0.15, -0.1) is 0 Å². The fourth-order valence-electron chi connectivity index (χ4n) is 3.06. The van der Waals surface area contributed by atoms with E-state index in [1.807, 2.05) is 0 Å². The lowest BCUT2D eigenvalue weighted by molar-refractivity contribution is -0.136. The van der Waals surface area contributed by atoms with Crippen LogP contribution in [0.4, 0.5) is 0 Å². The summed E-state index contributed by atoms with van der Waals surface area (Å²) in [5.41, 5.74) is 0. The van der Waals surface area contributed by atoms with Crippen molar-refractivity contribution in [1.82, 2.24) is 15.5 Å². The lowest BCUT2D eigenvalue weighted by atomic mass is 9.95. The molecule has 2 aliphatic heterocycles. The van der Waals surface area contributed by atoms with Gasteiger partial charge in [-0.3, -0.25) is 19.3 Å². The molecule has 0 aromatic carbocycles. The first-order chi connectivity index (χ1) is 11.2. The van der Waals surface area contributed by atoms with Crippen LogP contribution in [0.3, 0.4) is 0 Å². The van der Waals surface area contributed by atoms with E-state index >= 15 is 0 Å². The highest BCUT2D eigenvalue weighted by molar-refractivity contribution is 6.12. The fourth-order valence-corrected chi connectivity index (χ4v) is 3.06. The van der Waals surface area contributed by atoms with Gasteiger partial charge in [0.25, 0.3) is 11.8 Å². The molecule has 0 aliphatic carbocycles. The third-order valence-electron chi connectivity index (χ3n) is 4.52. The minimum atomic E-state index is -0.231. The van der Waals surface area contributed by atoms with Crippen LogP contribution in [0.5, 0.6) is 0 Å². The number of nitrogens with zero attached hydrogens (tertiary/aromatic N) is 1. The van der Waals surface area contributed by atoms with Crippen molar-refractivity contribution < 1.29 is 14.4 Å². The summed E-state index contributed by atoms with van der Waals surface area (Å²) in [5.74, 6) is 0.380. The quantitative estimate of drug-likeness (QED) is 0.490. The van der Waals surface area contributed by atoms with Crippen LogP contribution in [0.2, 0.25) is 0 Å². The molecule has 6 nitrogen and oxygen atoms in total. The summed E-state index contributed by atoms with van der Waals surface area (Å²) in [6, 6.07) is 0. The van der Waals surface area contributed by atoms with Crippen LogP contribution in [0.1, 0.15) is 44.9 Å². The molecule has 128 valence electrons. The van der Waals surface area contributed by atoms with Crippen LogP contribution < -0.4 is 10.6 Å². The van der Waals surface area contributed by atoms with Crippen molar-refractivity contribution >= 4 is 17.7 Å². The minimum absolute atomic E-state index is 0.105. The molecule has 0 spiro atoms. The van der Waals surface area contributed by atoms with E-state index in [2.05, 4.69) is 10.6 Å². The molecule has 0 aromatic rings. The van der Waals surface area contributed by atoms with Crippen molar-refractivity contribution in [3.05, 3.63) is 12.2 Å². The van der Waals surface area contributed by atoms with E-state index in [0.29, 0.717) is 13.0 Å². The average molecular weight is 321 g/mol. The number of hydrogen-bond acceptors (Lipinski definition) is 4. The van der Waals surface area contributed by atoms with Crippen molar-refractivity contribution in [2.24, 2.45) is 5.92 Å². The third-order valence-corrected chi connectivity index (χ3v) is 4.52. The molecule has 2 rings (SSSR count). The molecule has 2 aliphatic rings. The van der Waals surface area contributed by atoms with E-state index in [9.17, 15) is 14.4 Å². The van der Waals surface area contributed by atoms with Crippen LogP contribution in [-0.2, 0) is 14.4 Å². The van der Waals surface area contributed by atoms with E-state index in [1.165, 1.54) is 29.9 Å². The van der Waals surface area contributed by atoms with Gasteiger partial charge in [0.1, 0.15) is 0 Å². The second-order valence-electron chi connectivity index (χ2n) is 6.30. The Balaban J connectivity index is 1.45. The lowest BCUT2D eigenvalue weighted by Crippen LogP contribution is -2.31. The summed E-state index contributed by atoms with van der Waals surface area (Å²) in [6.07, 6.45) is 9.00. The van der Waals surface area contributed by atoms with Crippen molar-refractivity contribution in [2.75, 3.05) is 26.2 Å². The Morgan fingerprint density at radius 1 is 1.13 bits per heavy atom. The largest absolute Gasteiger partial charge is 0.356 e. The molecule has 2 heterocycles. The molecule has 0 radical (unpaired) electrons. The highest BCUT2D eigenvalue weighted by Gasteiger charge is 2.22. The molecule has 0 aromatic heterocycles. The Hall–Kier alpha value is -1.69. The Morgan fingerprint density at radius 2 is 1.83 bits per heavy atom. The number of amides is 3. The van der Waals surface area contributed by atoms with Gasteiger partial charge in [-0.1, -0.05) is 6.42 Å². The van der Waals surface area contributed by atoms with Gasteiger partial charge in [-0.2, -0.15) is 0 Å². The number of carbonyl (C=O) groups excluding carboxylic acids is 3. The fraction of sp³-hybridized carbons (Fsp3) is 0.706. The van der Waals surface area contributed by atoms with E-state index in [4.69, 9.17) is 0 Å². The minimum Gasteiger partial charge on any atom is -0.356 e. The maximum absolute atomic E-state index is 11.8. The van der Waals surface area contributed by atoms with Gasteiger partial charge in [-0.05, 0) is 51.1 Å². The first-order valence-electron chi connectivity index (χ1n) is 8.68. The molecule has 2 N–H and O–H groups in total. The molecule has 1 fully saturated rings. The standard InChI is InChI=1S/C17H27N3O3/c21-15(19-12-9-14-7-10-18-11-8-14)4-2-1-3-13-20-16(22)5-6-17(20)23/h5-6,14,18H,1-4,7-13H2,(H,19,21). The van der Waals surface area contributed by atoms with Gasteiger partial charge in [0.2, 0.25) is 5.91 Å². The summed E-state index contributed by atoms with van der Waals surface area (Å²) in [7, 11) is 0. The van der Waals surface area contributed by atoms with Gasteiger partial charge >= 0.3 is 0 Å². The zero-order valence-corrected chi connectivity index (χ0v) is 13.7. The molecule has 1 saturated heterocycles.